The number of benzene rings is 1. The van der Waals surface area contributed by atoms with Gasteiger partial charge in [0.1, 0.15) is 5.41 Å². The summed E-state index contributed by atoms with van der Waals surface area (Å²) in [6.07, 6.45) is 3.77. The zero-order chi connectivity index (χ0) is 11.4. The van der Waals surface area contributed by atoms with Crippen molar-refractivity contribution in [3.05, 3.63) is 34.9 Å². The van der Waals surface area contributed by atoms with Crippen molar-refractivity contribution in [2.45, 2.75) is 36.2 Å². The lowest BCUT2D eigenvalue weighted by molar-refractivity contribution is 0.299. The van der Waals surface area contributed by atoms with Gasteiger partial charge in [-0.2, -0.15) is 0 Å². The first-order valence-corrected chi connectivity index (χ1v) is 7.91. The van der Waals surface area contributed by atoms with Gasteiger partial charge in [0.05, 0.1) is 0 Å². The highest BCUT2D eigenvalue weighted by Gasteiger charge is 2.41. The van der Waals surface area contributed by atoms with E-state index in [2.05, 4.69) is 27.4 Å². The molecule has 2 aliphatic rings. The summed E-state index contributed by atoms with van der Waals surface area (Å²) in [4.78, 5) is 0. The van der Waals surface area contributed by atoms with E-state index in [0.717, 1.165) is 0 Å². The van der Waals surface area contributed by atoms with E-state index in [1.165, 1.54) is 29.5 Å². The van der Waals surface area contributed by atoms with Crippen LogP contribution in [0.25, 0.3) is 0 Å². The van der Waals surface area contributed by atoms with Gasteiger partial charge >= 0.3 is 0 Å². The Morgan fingerprint density at radius 3 is 2.56 bits per heavy atom. The summed E-state index contributed by atoms with van der Waals surface area (Å²) >= 11 is 0. The molecule has 1 aromatic rings. The zero-order valence-electron chi connectivity index (χ0n) is 9.52. The van der Waals surface area contributed by atoms with Gasteiger partial charge in [0.25, 0.3) is 0 Å². The molecule has 0 amide bonds. The molecule has 0 N–H and O–H groups in total. The molecule has 3 rings (SSSR count). The largest absolute Gasteiger partial charge is 0.239 e. The first-order chi connectivity index (χ1) is 7.55. The van der Waals surface area contributed by atoms with Crippen LogP contribution in [0.5, 0.6) is 0 Å². The van der Waals surface area contributed by atoms with Gasteiger partial charge in [-0.15, -0.1) is 9.24 Å². The Morgan fingerprint density at radius 1 is 1.25 bits per heavy atom. The van der Waals surface area contributed by atoms with E-state index in [1.54, 1.807) is 0 Å². The summed E-state index contributed by atoms with van der Waals surface area (Å²) in [7, 11) is 3.34. The molecular formula is C13H17FP2. The molecule has 2 aliphatic carbocycles. The second kappa shape index (κ2) is 3.50. The molecule has 3 heteroatoms. The van der Waals surface area contributed by atoms with Crippen LogP contribution in [-0.2, 0) is 18.0 Å². The highest BCUT2D eigenvalue weighted by molar-refractivity contribution is 7.38. The van der Waals surface area contributed by atoms with Gasteiger partial charge in [-0.25, -0.2) is 4.39 Å². The predicted molar refractivity (Wildman–Crippen MR) is 72.6 cm³/mol. The van der Waals surface area contributed by atoms with Crippen LogP contribution in [0.3, 0.4) is 0 Å². The highest BCUT2D eigenvalue weighted by Crippen LogP contribution is 2.55. The summed E-state index contributed by atoms with van der Waals surface area (Å²) in [6, 6.07) is 6.59. The smallest absolute Gasteiger partial charge is 0.134 e. The van der Waals surface area contributed by atoms with Gasteiger partial charge in [-0.1, -0.05) is 26.8 Å². The molecule has 1 saturated carbocycles. The molecule has 0 nitrogen and oxygen atoms in total. The lowest BCUT2D eigenvalue weighted by Gasteiger charge is -2.15. The van der Waals surface area contributed by atoms with Gasteiger partial charge in [0, 0.05) is 18.0 Å². The van der Waals surface area contributed by atoms with Gasteiger partial charge in [-0.05, 0) is 36.2 Å². The molecule has 1 fully saturated rings. The van der Waals surface area contributed by atoms with Gasteiger partial charge in [0.15, 0.2) is 0 Å². The van der Waals surface area contributed by atoms with Crippen LogP contribution in [0.15, 0.2) is 18.2 Å². The predicted octanol–water partition coefficient (Wildman–Crippen LogP) is 3.62. The Bertz CT molecular complexity index is 440. The maximum absolute atomic E-state index is 14.3. The van der Waals surface area contributed by atoms with E-state index in [0.29, 0.717) is 26.6 Å². The van der Waals surface area contributed by atoms with Gasteiger partial charge in [-0.3, -0.25) is 0 Å². The lowest BCUT2D eigenvalue weighted by atomic mass is 10.0. The molecule has 0 aromatic heterocycles. The van der Waals surface area contributed by atoms with Crippen LogP contribution >= 0.6 is 17.8 Å². The fourth-order valence-corrected chi connectivity index (χ4v) is 3.60. The monoisotopic (exact) mass is 254 g/mol. The van der Waals surface area contributed by atoms with Crippen molar-refractivity contribution in [2.75, 3.05) is 6.66 Å². The average molecular weight is 254 g/mol. The fourth-order valence-electron chi connectivity index (χ4n) is 2.54. The maximum atomic E-state index is 14.3. The third kappa shape index (κ3) is 1.73. The van der Waals surface area contributed by atoms with E-state index >= 15 is 0 Å². The average Bonchev–Trinajstić information content (AvgIpc) is 2.91. The quantitative estimate of drug-likeness (QED) is 0.707. The third-order valence-electron chi connectivity index (χ3n) is 3.96. The van der Waals surface area contributed by atoms with Crippen molar-refractivity contribution < 1.29 is 4.39 Å². The van der Waals surface area contributed by atoms with E-state index in [1.807, 2.05) is 6.66 Å². The second-order valence-corrected chi connectivity index (χ2v) is 7.71. The zero-order valence-corrected chi connectivity index (χ0v) is 11.7. The number of fused-ring (bicyclic) bond motifs is 1. The molecule has 0 bridgehead atoms. The minimum absolute atomic E-state index is 0.324. The molecule has 16 heavy (non-hydrogen) atoms. The number of halogens is 1. The first kappa shape index (κ1) is 11.1. The molecule has 3 unspecified atom stereocenters. The number of alkyl halides is 1. The molecule has 3 atom stereocenters. The Labute approximate surface area is 100 Å². The van der Waals surface area contributed by atoms with Crippen LogP contribution in [0, 0.1) is 0 Å². The molecule has 1 aromatic carbocycles. The first-order valence-electron chi connectivity index (χ1n) is 5.84. The molecule has 0 radical (unpaired) electrons. The summed E-state index contributed by atoms with van der Waals surface area (Å²) in [5.74, 6) is 0. The third-order valence-corrected chi connectivity index (χ3v) is 6.12. The lowest BCUT2D eigenvalue weighted by Crippen LogP contribution is -2.15. The van der Waals surface area contributed by atoms with E-state index in [9.17, 15) is 4.39 Å². The molecular weight excluding hydrogens is 237 g/mol. The minimum Gasteiger partial charge on any atom is -0.239 e. The van der Waals surface area contributed by atoms with E-state index in [-0.39, 0.29) is 0 Å². The normalized spacial score (nSPS) is 30.9. The van der Waals surface area contributed by atoms with E-state index < -0.39 is 5.41 Å². The molecule has 0 aliphatic heterocycles. The minimum atomic E-state index is -0.946. The van der Waals surface area contributed by atoms with Crippen LogP contribution in [0.4, 0.5) is 4.39 Å². The Balaban J connectivity index is 1.95. The van der Waals surface area contributed by atoms with Crippen LogP contribution in [0.1, 0.15) is 29.5 Å². The topological polar surface area (TPSA) is 0 Å². The second-order valence-electron chi connectivity index (χ2n) is 5.21. The van der Waals surface area contributed by atoms with Crippen molar-refractivity contribution in [2.24, 2.45) is 0 Å². The Morgan fingerprint density at radius 2 is 1.94 bits per heavy atom. The standard InChI is InChI=1S/C13H17FP2/c1-16-13(14)7-9-2-3-11(6-10(9)8-13)12(15)4-5-12/h2-3,6,16H,4-5,7-8,15H2,1H3. The summed E-state index contributed by atoms with van der Waals surface area (Å²) in [5, 5.41) is -0.621. The fraction of sp³-hybridized carbons (Fsp3) is 0.538. The summed E-state index contributed by atoms with van der Waals surface area (Å²) in [5.41, 5.74) is 3.87. The molecule has 86 valence electrons. The Kier molecular flexibility index (Phi) is 2.43. The summed E-state index contributed by atoms with van der Waals surface area (Å²) in [6.45, 7) is 1.98. The highest BCUT2D eigenvalue weighted by atomic mass is 31.1. The SMILES string of the molecule is CPC1(F)Cc2ccc(C3(P)CC3)cc2C1. The molecule has 0 heterocycles. The maximum Gasteiger partial charge on any atom is 0.134 e. The molecule has 0 saturated heterocycles. The number of rotatable bonds is 2. The number of hydrogen-bond donors (Lipinski definition) is 0. The van der Waals surface area contributed by atoms with Gasteiger partial charge in [0.2, 0.25) is 0 Å². The number of hydrogen-bond acceptors (Lipinski definition) is 0. The van der Waals surface area contributed by atoms with Crippen molar-refractivity contribution in [3.63, 3.8) is 0 Å². The van der Waals surface area contributed by atoms with E-state index in [4.69, 9.17) is 0 Å². The van der Waals surface area contributed by atoms with Crippen molar-refractivity contribution in [1.82, 2.24) is 0 Å². The van der Waals surface area contributed by atoms with Crippen LogP contribution < -0.4 is 0 Å². The summed E-state index contributed by atoms with van der Waals surface area (Å²) < 4.78 is 14.3. The van der Waals surface area contributed by atoms with Crippen LogP contribution in [0.2, 0.25) is 0 Å². The Hall–Kier alpha value is 0.01000. The van der Waals surface area contributed by atoms with Crippen molar-refractivity contribution >= 4 is 17.8 Å². The molecule has 0 spiro atoms. The van der Waals surface area contributed by atoms with Crippen LogP contribution in [-0.4, -0.2) is 12.1 Å². The van der Waals surface area contributed by atoms with Crippen molar-refractivity contribution in [1.29, 1.82) is 0 Å². The van der Waals surface area contributed by atoms with Gasteiger partial charge < -0.3 is 0 Å². The van der Waals surface area contributed by atoms with Crippen molar-refractivity contribution in [3.8, 4) is 0 Å².